The van der Waals surface area contributed by atoms with Crippen molar-refractivity contribution >= 4 is 12.4 Å². The highest BCUT2D eigenvalue weighted by Gasteiger charge is 2.43. The molecule has 1 N–H and O–H groups in total. The van der Waals surface area contributed by atoms with Crippen molar-refractivity contribution in [3.8, 4) is 0 Å². The molecule has 0 aromatic rings. The predicted octanol–water partition coefficient (Wildman–Crippen LogP) is 0.651. The molecule has 1 spiro atoms. The molecule has 0 bridgehead atoms. The van der Waals surface area contributed by atoms with Crippen molar-refractivity contribution in [1.82, 2.24) is 10.2 Å². The third-order valence-corrected chi connectivity index (χ3v) is 4.27. The van der Waals surface area contributed by atoms with Gasteiger partial charge in [0, 0.05) is 19.1 Å². The summed E-state index contributed by atoms with van der Waals surface area (Å²) in [5.74, 6) is 0. The number of morpholine rings is 1. The fourth-order valence-electron chi connectivity index (χ4n) is 3.23. The second kappa shape index (κ2) is 5.85. The summed E-state index contributed by atoms with van der Waals surface area (Å²) >= 11 is 0. The minimum atomic E-state index is 0. The fourth-order valence-corrected chi connectivity index (χ4v) is 3.23. The van der Waals surface area contributed by atoms with Gasteiger partial charge in [-0.25, -0.2) is 0 Å². The van der Waals surface area contributed by atoms with Crippen molar-refractivity contribution in [2.75, 3.05) is 46.0 Å². The van der Waals surface area contributed by atoms with E-state index in [-0.39, 0.29) is 18.0 Å². The second-order valence-corrected chi connectivity index (χ2v) is 5.25. The Labute approximate surface area is 109 Å². The summed E-state index contributed by atoms with van der Waals surface area (Å²) in [5, 5.41) is 3.42. The van der Waals surface area contributed by atoms with E-state index in [2.05, 4.69) is 10.2 Å². The van der Waals surface area contributed by atoms with Gasteiger partial charge in [0.25, 0.3) is 0 Å². The molecule has 1 atom stereocenters. The Morgan fingerprint density at radius 3 is 2.53 bits per heavy atom. The van der Waals surface area contributed by atoms with E-state index in [1.807, 2.05) is 0 Å². The molecule has 3 fully saturated rings. The number of rotatable bonds is 1. The molecule has 0 saturated carbocycles. The molecular weight excluding hydrogens is 240 g/mol. The van der Waals surface area contributed by atoms with Crippen molar-refractivity contribution in [3.05, 3.63) is 0 Å². The zero-order valence-corrected chi connectivity index (χ0v) is 11.1. The van der Waals surface area contributed by atoms with Crippen LogP contribution < -0.4 is 5.32 Å². The van der Waals surface area contributed by atoms with Crippen LogP contribution in [0.3, 0.4) is 0 Å². The average Bonchev–Trinajstić information content (AvgIpc) is 2.75. The molecule has 100 valence electrons. The first-order valence-corrected chi connectivity index (χ1v) is 6.55. The summed E-state index contributed by atoms with van der Waals surface area (Å²) < 4.78 is 11.5. The first-order valence-electron chi connectivity index (χ1n) is 6.55. The molecule has 3 saturated heterocycles. The van der Waals surface area contributed by atoms with E-state index in [0.717, 1.165) is 46.0 Å². The summed E-state index contributed by atoms with van der Waals surface area (Å²) in [4.78, 5) is 2.56. The highest BCUT2D eigenvalue weighted by Crippen LogP contribution is 2.36. The maximum atomic E-state index is 6.12. The Balaban J connectivity index is 0.00000108. The molecule has 1 unspecified atom stereocenters. The van der Waals surface area contributed by atoms with Gasteiger partial charge in [-0.3, -0.25) is 4.90 Å². The van der Waals surface area contributed by atoms with Gasteiger partial charge in [0.1, 0.15) is 0 Å². The van der Waals surface area contributed by atoms with Gasteiger partial charge >= 0.3 is 0 Å². The minimum Gasteiger partial charge on any atom is -0.379 e. The van der Waals surface area contributed by atoms with E-state index in [1.165, 1.54) is 19.3 Å². The Morgan fingerprint density at radius 2 is 1.82 bits per heavy atom. The standard InChI is InChI=1S/C12H22N2O2.ClH/c1-3-13-4-2-12(1)9-11(10-16-12)14-5-7-15-8-6-14;/h11,13H,1-10H2;1H. The second-order valence-electron chi connectivity index (χ2n) is 5.25. The molecule has 0 amide bonds. The quantitative estimate of drug-likeness (QED) is 0.753. The van der Waals surface area contributed by atoms with Crippen molar-refractivity contribution in [2.24, 2.45) is 0 Å². The lowest BCUT2D eigenvalue weighted by Gasteiger charge is -2.35. The van der Waals surface area contributed by atoms with E-state index in [0.29, 0.717) is 6.04 Å². The lowest BCUT2D eigenvalue weighted by Crippen LogP contribution is -2.46. The van der Waals surface area contributed by atoms with E-state index in [1.54, 1.807) is 0 Å². The zero-order chi connectivity index (χ0) is 10.8. The van der Waals surface area contributed by atoms with Gasteiger partial charge in [-0.2, -0.15) is 0 Å². The summed E-state index contributed by atoms with van der Waals surface area (Å²) in [6.45, 7) is 7.13. The van der Waals surface area contributed by atoms with Gasteiger partial charge in [-0.05, 0) is 32.4 Å². The first-order chi connectivity index (χ1) is 7.88. The Kier molecular flexibility index (Phi) is 4.66. The van der Waals surface area contributed by atoms with Crippen LogP contribution in [0.25, 0.3) is 0 Å². The van der Waals surface area contributed by atoms with Crippen molar-refractivity contribution < 1.29 is 9.47 Å². The maximum Gasteiger partial charge on any atom is 0.0723 e. The highest BCUT2D eigenvalue weighted by atomic mass is 35.5. The highest BCUT2D eigenvalue weighted by molar-refractivity contribution is 5.85. The summed E-state index contributed by atoms with van der Waals surface area (Å²) in [6, 6.07) is 0.641. The monoisotopic (exact) mass is 262 g/mol. The summed E-state index contributed by atoms with van der Waals surface area (Å²) in [6.07, 6.45) is 3.61. The average molecular weight is 263 g/mol. The van der Waals surface area contributed by atoms with Crippen LogP contribution in [-0.2, 0) is 9.47 Å². The van der Waals surface area contributed by atoms with Gasteiger partial charge in [0.15, 0.2) is 0 Å². The molecule has 0 radical (unpaired) electrons. The van der Waals surface area contributed by atoms with Crippen LogP contribution in [0.15, 0.2) is 0 Å². The predicted molar refractivity (Wildman–Crippen MR) is 68.8 cm³/mol. The van der Waals surface area contributed by atoms with Gasteiger partial charge in [-0.1, -0.05) is 0 Å². The summed E-state index contributed by atoms with van der Waals surface area (Å²) in [7, 11) is 0. The van der Waals surface area contributed by atoms with Crippen LogP contribution in [0.4, 0.5) is 0 Å². The lowest BCUT2D eigenvalue weighted by molar-refractivity contribution is -0.0221. The zero-order valence-electron chi connectivity index (χ0n) is 10.3. The third kappa shape index (κ3) is 2.93. The number of hydrogen-bond donors (Lipinski definition) is 1. The normalized spacial score (nSPS) is 33.5. The molecule has 3 heterocycles. The molecule has 3 rings (SSSR count). The smallest absolute Gasteiger partial charge is 0.0723 e. The van der Waals surface area contributed by atoms with Gasteiger partial charge < -0.3 is 14.8 Å². The Bertz CT molecular complexity index is 241. The van der Waals surface area contributed by atoms with Crippen molar-refractivity contribution in [1.29, 1.82) is 0 Å². The molecule has 17 heavy (non-hydrogen) atoms. The van der Waals surface area contributed by atoms with Crippen LogP contribution in [0.5, 0.6) is 0 Å². The Morgan fingerprint density at radius 1 is 1.12 bits per heavy atom. The van der Waals surface area contributed by atoms with E-state index < -0.39 is 0 Å². The minimum absolute atomic E-state index is 0. The molecular formula is C12H23ClN2O2. The summed E-state index contributed by atoms with van der Waals surface area (Å²) in [5.41, 5.74) is 0.203. The van der Waals surface area contributed by atoms with Crippen molar-refractivity contribution in [3.63, 3.8) is 0 Å². The number of ether oxygens (including phenoxy) is 2. The fraction of sp³-hybridized carbons (Fsp3) is 1.00. The van der Waals surface area contributed by atoms with Gasteiger partial charge in [-0.15, -0.1) is 12.4 Å². The van der Waals surface area contributed by atoms with Crippen LogP contribution in [-0.4, -0.2) is 62.5 Å². The van der Waals surface area contributed by atoms with Crippen molar-refractivity contribution in [2.45, 2.75) is 30.9 Å². The molecule has 5 heteroatoms. The number of nitrogens with one attached hydrogen (secondary N) is 1. The number of nitrogens with zero attached hydrogens (tertiary/aromatic N) is 1. The molecule has 0 aromatic carbocycles. The molecule has 3 aliphatic heterocycles. The van der Waals surface area contributed by atoms with Crippen LogP contribution in [0, 0.1) is 0 Å². The Hall–Kier alpha value is 0.130. The number of hydrogen-bond acceptors (Lipinski definition) is 4. The SMILES string of the molecule is C1CC2(CCN1)CC(N1CCOCC1)CO2.Cl. The number of piperidine rings is 1. The van der Waals surface area contributed by atoms with Crippen LogP contribution in [0.2, 0.25) is 0 Å². The van der Waals surface area contributed by atoms with Crippen LogP contribution in [0.1, 0.15) is 19.3 Å². The van der Waals surface area contributed by atoms with Gasteiger partial charge in [0.2, 0.25) is 0 Å². The number of halogens is 1. The maximum absolute atomic E-state index is 6.12. The third-order valence-electron chi connectivity index (χ3n) is 4.27. The lowest BCUT2D eigenvalue weighted by atomic mass is 9.88. The molecule has 0 aliphatic carbocycles. The molecule has 0 aromatic heterocycles. The first kappa shape index (κ1) is 13.6. The van der Waals surface area contributed by atoms with E-state index in [9.17, 15) is 0 Å². The van der Waals surface area contributed by atoms with E-state index >= 15 is 0 Å². The van der Waals surface area contributed by atoms with E-state index in [4.69, 9.17) is 9.47 Å². The van der Waals surface area contributed by atoms with Crippen LogP contribution >= 0.6 is 12.4 Å². The topological polar surface area (TPSA) is 33.7 Å². The largest absolute Gasteiger partial charge is 0.379 e. The van der Waals surface area contributed by atoms with Gasteiger partial charge in [0.05, 0.1) is 25.4 Å². The molecule has 4 nitrogen and oxygen atoms in total. The molecule has 3 aliphatic rings.